The van der Waals surface area contributed by atoms with Gasteiger partial charge in [0.25, 0.3) is 5.91 Å². The van der Waals surface area contributed by atoms with Crippen LogP contribution in [0.3, 0.4) is 0 Å². The summed E-state index contributed by atoms with van der Waals surface area (Å²) in [5.41, 5.74) is 0.258. The molecule has 0 aliphatic heterocycles. The number of hydrogen-bond donors (Lipinski definition) is 1. The van der Waals surface area contributed by atoms with Crippen molar-refractivity contribution >= 4 is 44.3 Å². The monoisotopic (exact) mass is 486 g/mol. The first kappa shape index (κ1) is 23.8. The summed E-state index contributed by atoms with van der Waals surface area (Å²) >= 11 is 0.716. The Bertz CT molecular complexity index is 1320. The third-order valence-corrected chi connectivity index (χ3v) is 7.30. The number of benzene rings is 1. The van der Waals surface area contributed by atoms with Gasteiger partial charge in [0.2, 0.25) is 25.1 Å². The van der Waals surface area contributed by atoms with Crippen molar-refractivity contribution in [2.24, 2.45) is 5.92 Å². The van der Waals surface area contributed by atoms with Crippen LogP contribution < -0.4 is 10.1 Å². The maximum atomic E-state index is 12.4. The molecular formula is C21H18N4O6S2. The summed E-state index contributed by atoms with van der Waals surface area (Å²) in [6, 6.07) is 10.9. The first-order valence-electron chi connectivity index (χ1n) is 9.53. The lowest BCUT2D eigenvalue weighted by molar-refractivity contribution is -0.112. The molecule has 0 spiro atoms. The van der Waals surface area contributed by atoms with E-state index in [1.54, 1.807) is 38.1 Å². The van der Waals surface area contributed by atoms with Crippen LogP contribution in [0.2, 0.25) is 0 Å². The van der Waals surface area contributed by atoms with Gasteiger partial charge in [0.1, 0.15) is 17.4 Å². The molecule has 0 atom stereocenters. The van der Waals surface area contributed by atoms with Crippen molar-refractivity contribution in [3.8, 4) is 11.8 Å². The van der Waals surface area contributed by atoms with Gasteiger partial charge in [-0.15, -0.1) is 10.2 Å². The highest BCUT2D eigenvalue weighted by molar-refractivity contribution is 7.93. The van der Waals surface area contributed by atoms with E-state index in [4.69, 9.17) is 9.15 Å². The predicted octanol–water partition coefficient (Wildman–Crippen LogP) is 3.33. The van der Waals surface area contributed by atoms with Crippen LogP contribution in [0.4, 0.5) is 5.13 Å². The normalized spacial score (nSPS) is 11.8. The molecule has 0 aliphatic carbocycles. The van der Waals surface area contributed by atoms with Crippen molar-refractivity contribution in [3.63, 3.8) is 0 Å². The number of esters is 1. The molecule has 1 N–H and O–H groups in total. The van der Waals surface area contributed by atoms with E-state index in [1.807, 2.05) is 0 Å². The molecule has 10 nitrogen and oxygen atoms in total. The van der Waals surface area contributed by atoms with Crippen molar-refractivity contribution in [1.82, 2.24) is 10.2 Å². The number of nitriles is 1. The fourth-order valence-corrected chi connectivity index (χ4v) is 5.17. The maximum absolute atomic E-state index is 12.4. The van der Waals surface area contributed by atoms with E-state index >= 15 is 0 Å². The quantitative estimate of drug-likeness (QED) is 0.166. The minimum Gasteiger partial charge on any atom is -0.457 e. The predicted molar refractivity (Wildman–Crippen MR) is 119 cm³/mol. The Morgan fingerprint density at radius 2 is 1.97 bits per heavy atom. The molecule has 0 bridgehead atoms. The van der Waals surface area contributed by atoms with Crippen LogP contribution in [0.1, 0.15) is 30.0 Å². The molecule has 0 saturated heterocycles. The van der Waals surface area contributed by atoms with Gasteiger partial charge in [-0.2, -0.15) is 5.26 Å². The van der Waals surface area contributed by atoms with Gasteiger partial charge in [-0.05, 0) is 41.8 Å². The fourth-order valence-electron chi connectivity index (χ4n) is 2.56. The number of nitrogens with one attached hydrogen (secondary N) is 1. The topological polar surface area (TPSA) is 152 Å². The lowest BCUT2D eigenvalue weighted by Crippen LogP contribution is -2.13. The van der Waals surface area contributed by atoms with E-state index in [-0.39, 0.29) is 38.2 Å². The highest BCUT2D eigenvalue weighted by Gasteiger charge is 2.23. The molecule has 1 aromatic carbocycles. The van der Waals surface area contributed by atoms with Crippen molar-refractivity contribution in [2.45, 2.75) is 18.2 Å². The van der Waals surface area contributed by atoms with Crippen LogP contribution in [0.15, 0.2) is 57.0 Å². The largest absolute Gasteiger partial charge is 0.457 e. The van der Waals surface area contributed by atoms with Crippen molar-refractivity contribution in [1.29, 1.82) is 5.26 Å². The summed E-state index contributed by atoms with van der Waals surface area (Å²) in [5.74, 6) is -1.31. The van der Waals surface area contributed by atoms with Crippen LogP contribution in [0.5, 0.6) is 5.75 Å². The van der Waals surface area contributed by atoms with Gasteiger partial charge in [-0.3, -0.25) is 10.1 Å². The molecule has 0 fully saturated rings. The van der Waals surface area contributed by atoms with Gasteiger partial charge < -0.3 is 9.15 Å². The molecule has 170 valence electrons. The molecule has 0 saturated carbocycles. The zero-order valence-corrected chi connectivity index (χ0v) is 19.1. The summed E-state index contributed by atoms with van der Waals surface area (Å²) in [6.07, 6.45) is 2.68. The third-order valence-electron chi connectivity index (χ3n) is 3.93. The number of furan rings is 1. The smallest absolute Gasteiger partial charge is 0.379 e. The molecule has 1 amide bonds. The van der Waals surface area contributed by atoms with Crippen molar-refractivity contribution in [3.05, 3.63) is 59.6 Å². The van der Waals surface area contributed by atoms with E-state index in [0.29, 0.717) is 16.9 Å². The molecule has 0 radical (unpaired) electrons. The molecule has 0 aliphatic rings. The molecule has 3 aromatic rings. The van der Waals surface area contributed by atoms with Gasteiger partial charge in [0.15, 0.2) is 0 Å². The Labute approximate surface area is 193 Å². The number of aromatic nitrogens is 2. The zero-order chi connectivity index (χ0) is 24.0. The molecule has 2 aromatic heterocycles. The van der Waals surface area contributed by atoms with Gasteiger partial charge in [-0.1, -0.05) is 37.3 Å². The summed E-state index contributed by atoms with van der Waals surface area (Å²) in [4.78, 5) is 24.3. The minimum atomic E-state index is -3.60. The first-order chi connectivity index (χ1) is 15.7. The number of ether oxygens (including phenoxy) is 1. The number of carbonyl (C=O) groups excluding carboxylic acids is 2. The van der Waals surface area contributed by atoms with Gasteiger partial charge in [0.05, 0.1) is 12.0 Å². The summed E-state index contributed by atoms with van der Waals surface area (Å²) in [6.45, 7) is 3.53. The fraction of sp³-hybridized carbons (Fsp3) is 0.190. The molecule has 3 rings (SSSR count). The van der Waals surface area contributed by atoms with Gasteiger partial charge in [0, 0.05) is 0 Å². The Morgan fingerprint density at radius 1 is 1.24 bits per heavy atom. The number of amides is 1. The molecule has 12 heteroatoms. The highest BCUT2D eigenvalue weighted by atomic mass is 32.2. The third kappa shape index (κ3) is 6.34. The number of sulfone groups is 1. The Morgan fingerprint density at radius 3 is 2.58 bits per heavy atom. The van der Waals surface area contributed by atoms with Crippen LogP contribution in [0, 0.1) is 17.2 Å². The van der Waals surface area contributed by atoms with E-state index in [2.05, 4.69) is 15.5 Å². The highest BCUT2D eigenvalue weighted by Crippen LogP contribution is 2.23. The standard InChI is InChI=1S/C21H18N4O6S2/c1-13(2)12-33(28,29)21-25-24-20(32-21)23-18(26)15(11-22)10-14-5-7-16(8-6-14)31-19(27)17-4-3-9-30-17/h3-10,13H,12H2,1-2H3,(H,23,24,26). The van der Waals surface area contributed by atoms with Crippen LogP contribution in [-0.4, -0.2) is 36.2 Å². The van der Waals surface area contributed by atoms with Crippen LogP contribution in [-0.2, 0) is 14.6 Å². The average Bonchev–Trinajstić information content (AvgIpc) is 3.45. The molecule has 0 unspecified atom stereocenters. The molecular weight excluding hydrogens is 468 g/mol. The molecule has 33 heavy (non-hydrogen) atoms. The number of nitrogens with zero attached hydrogens (tertiary/aromatic N) is 3. The average molecular weight is 487 g/mol. The van der Waals surface area contributed by atoms with E-state index in [0.717, 1.165) is 0 Å². The number of hydrogen-bond acceptors (Lipinski definition) is 10. The minimum absolute atomic E-state index is 0.0383. The van der Waals surface area contributed by atoms with Crippen LogP contribution in [0.25, 0.3) is 6.08 Å². The zero-order valence-electron chi connectivity index (χ0n) is 17.5. The SMILES string of the molecule is CC(C)CS(=O)(=O)c1nnc(NC(=O)C(C#N)=Cc2ccc(OC(=O)c3ccco3)cc2)s1. The maximum Gasteiger partial charge on any atom is 0.379 e. The van der Waals surface area contributed by atoms with Crippen molar-refractivity contribution in [2.75, 3.05) is 11.1 Å². The summed E-state index contributed by atoms with van der Waals surface area (Å²) < 4.78 is 34.4. The van der Waals surface area contributed by atoms with Crippen LogP contribution >= 0.6 is 11.3 Å². The summed E-state index contributed by atoms with van der Waals surface area (Å²) in [5, 5.41) is 19.0. The van der Waals surface area contributed by atoms with Gasteiger partial charge >= 0.3 is 5.97 Å². The second-order valence-electron chi connectivity index (χ2n) is 7.11. The first-order valence-corrected chi connectivity index (χ1v) is 12.0. The number of anilines is 1. The summed E-state index contributed by atoms with van der Waals surface area (Å²) in [7, 11) is -3.60. The van der Waals surface area contributed by atoms with E-state index in [9.17, 15) is 23.3 Å². The lowest BCUT2D eigenvalue weighted by Gasteiger charge is -2.03. The second-order valence-corrected chi connectivity index (χ2v) is 10.3. The van der Waals surface area contributed by atoms with Crippen molar-refractivity contribution < 1.29 is 27.2 Å². The van der Waals surface area contributed by atoms with E-state index in [1.165, 1.54) is 30.5 Å². The van der Waals surface area contributed by atoms with E-state index < -0.39 is 21.7 Å². The van der Waals surface area contributed by atoms with Gasteiger partial charge in [-0.25, -0.2) is 13.2 Å². The number of rotatable bonds is 8. The second kappa shape index (κ2) is 10.2. The lowest BCUT2D eigenvalue weighted by atomic mass is 10.1. The Kier molecular flexibility index (Phi) is 7.37. The molecule has 2 heterocycles. The Hall–Kier alpha value is -3.82. The number of carbonyl (C=O) groups is 2. The Balaban J connectivity index is 1.67.